The monoisotopic (exact) mass is 539 g/mol. The number of amides is 1. The van der Waals surface area contributed by atoms with Crippen LogP contribution in [0.2, 0.25) is 0 Å². The minimum atomic E-state index is -0.557. The van der Waals surface area contributed by atoms with Gasteiger partial charge in [0, 0.05) is 29.5 Å². The second-order valence-electron chi connectivity index (χ2n) is 9.93. The standard InChI is InChI=1S/C30H29N5O3S/c36-27-25(26(28(27)37)35-14-4-1-5-15-35)33-20-7-6-8-21(17-20)34-30(38)29-24(12-16-39-29)32-18-19-11-13-31-23-10-3-2-9-22(19)23/h2-3,6-13,16-17,25-26,32-33H,1,4-5,14-15,18H2,(H,34,38). The SMILES string of the molecule is O=C(Nc1cccc(NC2C(=O)C(=O)C2N2CCCCC2)c1)c1sccc1NCc1ccnc2ccccc12. The Bertz CT molecular complexity index is 1540. The highest BCUT2D eigenvalue weighted by Crippen LogP contribution is 2.29. The summed E-state index contributed by atoms with van der Waals surface area (Å²) in [6.45, 7) is 2.24. The summed E-state index contributed by atoms with van der Waals surface area (Å²) in [5.41, 5.74) is 4.09. The minimum absolute atomic E-state index is 0.217. The topological polar surface area (TPSA) is 103 Å². The Morgan fingerprint density at radius 1 is 0.949 bits per heavy atom. The van der Waals surface area contributed by atoms with E-state index in [9.17, 15) is 14.4 Å². The Morgan fingerprint density at radius 3 is 2.64 bits per heavy atom. The molecule has 2 fully saturated rings. The van der Waals surface area contributed by atoms with Gasteiger partial charge in [0.2, 0.25) is 11.6 Å². The molecule has 2 atom stereocenters. The summed E-state index contributed by atoms with van der Waals surface area (Å²) < 4.78 is 0. The zero-order chi connectivity index (χ0) is 26.8. The number of aromatic nitrogens is 1. The van der Waals surface area contributed by atoms with Gasteiger partial charge in [-0.3, -0.25) is 24.3 Å². The fraction of sp³-hybridized carbons (Fsp3) is 0.267. The number of hydrogen-bond donors (Lipinski definition) is 3. The highest BCUT2D eigenvalue weighted by molar-refractivity contribution is 7.12. The Labute approximate surface area is 230 Å². The van der Waals surface area contributed by atoms with E-state index in [2.05, 4.69) is 25.8 Å². The molecule has 2 unspecified atom stereocenters. The molecule has 2 aromatic carbocycles. The number of Topliss-reactive ketones (excluding diaryl/α,β-unsaturated/α-hetero) is 2. The maximum Gasteiger partial charge on any atom is 0.267 e. The van der Waals surface area contributed by atoms with Crippen molar-refractivity contribution in [2.24, 2.45) is 0 Å². The van der Waals surface area contributed by atoms with E-state index in [0.29, 0.717) is 22.8 Å². The molecule has 1 saturated heterocycles. The van der Waals surface area contributed by atoms with Gasteiger partial charge < -0.3 is 16.0 Å². The molecule has 198 valence electrons. The van der Waals surface area contributed by atoms with Gasteiger partial charge >= 0.3 is 0 Å². The summed E-state index contributed by atoms with van der Waals surface area (Å²) in [5.74, 6) is -0.905. The predicted molar refractivity (Wildman–Crippen MR) is 154 cm³/mol. The van der Waals surface area contributed by atoms with E-state index in [4.69, 9.17) is 0 Å². The maximum atomic E-state index is 13.2. The molecule has 9 heteroatoms. The summed E-state index contributed by atoms with van der Waals surface area (Å²) in [4.78, 5) is 45.1. The summed E-state index contributed by atoms with van der Waals surface area (Å²) in [6, 6.07) is 18.2. The molecule has 3 N–H and O–H groups in total. The number of anilines is 3. The van der Waals surface area contributed by atoms with E-state index < -0.39 is 12.1 Å². The van der Waals surface area contributed by atoms with Crippen LogP contribution >= 0.6 is 11.3 Å². The number of benzene rings is 2. The number of para-hydroxylation sites is 1. The van der Waals surface area contributed by atoms with Crippen LogP contribution < -0.4 is 16.0 Å². The molecule has 2 aliphatic rings. The van der Waals surface area contributed by atoms with Crippen molar-refractivity contribution in [1.29, 1.82) is 0 Å². The first kappa shape index (κ1) is 25.2. The average molecular weight is 540 g/mol. The highest BCUT2D eigenvalue weighted by atomic mass is 32.1. The summed E-state index contributed by atoms with van der Waals surface area (Å²) in [6.07, 6.45) is 5.05. The minimum Gasteiger partial charge on any atom is -0.380 e. The number of nitrogens with one attached hydrogen (secondary N) is 3. The molecule has 6 rings (SSSR count). The first-order valence-electron chi connectivity index (χ1n) is 13.2. The molecule has 3 heterocycles. The lowest BCUT2D eigenvalue weighted by Gasteiger charge is -2.43. The van der Waals surface area contributed by atoms with E-state index in [1.807, 2.05) is 60.0 Å². The number of nitrogens with zero attached hydrogens (tertiary/aromatic N) is 2. The van der Waals surface area contributed by atoms with Crippen molar-refractivity contribution in [1.82, 2.24) is 9.88 Å². The lowest BCUT2D eigenvalue weighted by atomic mass is 9.80. The van der Waals surface area contributed by atoms with Gasteiger partial charge in [-0.2, -0.15) is 0 Å². The molecule has 0 bridgehead atoms. The molecular weight excluding hydrogens is 510 g/mol. The Kier molecular flexibility index (Phi) is 7.08. The van der Waals surface area contributed by atoms with Crippen LogP contribution in [-0.4, -0.2) is 52.5 Å². The van der Waals surface area contributed by atoms with Crippen molar-refractivity contribution >= 4 is 56.8 Å². The van der Waals surface area contributed by atoms with Gasteiger partial charge in [-0.15, -0.1) is 11.3 Å². The Balaban J connectivity index is 1.12. The Hall–Kier alpha value is -4.08. The van der Waals surface area contributed by atoms with Gasteiger partial charge in [0.25, 0.3) is 5.91 Å². The first-order chi connectivity index (χ1) is 19.1. The first-order valence-corrected chi connectivity index (χ1v) is 14.1. The van der Waals surface area contributed by atoms with Crippen LogP contribution in [0.5, 0.6) is 0 Å². The number of likely N-dealkylation sites (tertiary alicyclic amines) is 1. The smallest absolute Gasteiger partial charge is 0.267 e. The molecule has 1 aliphatic carbocycles. The number of fused-ring (bicyclic) bond motifs is 1. The molecule has 1 aliphatic heterocycles. The second-order valence-corrected chi connectivity index (χ2v) is 10.8. The van der Waals surface area contributed by atoms with Gasteiger partial charge in [0.05, 0.1) is 11.2 Å². The molecule has 1 amide bonds. The summed E-state index contributed by atoms with van der Waals surface area (Å²) in [5, 5.41) is 12.6. The number of carbonyl (C=O) groups excluding carboxylic acids is 3. The van der Waals surface area contributed by atoms with Crippen LogP contribution in [0, 0.1) is 0 Å². The molecule has 39 heavy (non-hydrogen) atoms. The largest absolute Gasteiger partial charge is 0.380 e. The Morgan fingerprint density at radius 2 is 1.77 bits per heavy atom. The molecule has 0 radical (unpaired) electrons. The fourth-order valence-corrected chi connectivity index (χ4v) is 6.16. The second kappa shape index (κ2) is 11.0. The summed E-state index contributed by atoms with van der Waals surface area (Å²) >= 11 is 1.37. The third kappa shape index (κ3) is 5.15. The van der Waals surface area contributed by atoms with Crippen molar-refractivity contribution in [2.75, 3.05) is 29.0 Å². The zero-order valence-electron chi connectivity index (χ0n) is 21.4. The van der Waals surface area contributed by atoms with Gasteiger partial charge in [-0.25, -0.2) is 0 Å². The zero-order valence-corrected chi connectivity index (χ0v) is 22.2. The number of thiophene rings is 1. The van der Waals surface area contributed by atoms with Gasteiger partial charge in [0.15, 0.2) is 0 Å². The predicted octanol–water partition coefficient (Wildman–Crippen LogP) is 4.95. The van der Waals surface area contributed by atoms with Crippen molar-refractivity contribution in [3.05, 3.63) is 82.7 Å². The maximum absolute atomic E-state index is 13.2. The van der Waals surface area contributed by atoms with E-state index in [0.717, 1.165) is 54.5 Å². The molecule has 2 aromatic heterocycles. The normalized spacial score (nSPS) is 19.5. The van der Waals surface area contributed by atoms with E-state index >= 15 is 0 Å². The lowest BCUT2D eigenvalue weighted by molar-refractivity contribution is -0.149. The lowest BCUT2D eigenvalue weighted by Crippen LogP contribution is -2.68. The van der Waals surface area contributed by atoms with E-state index in [1.54, 1.807) is 12.3 Å². The molecule has 0 spiro atoms. The number of carbonyl (C=O) groups is 3. The van der Waals surface area contributed by atoms with Crippen LogP contribution in [-0.2, 0) is 16.1 Å². The van der Waals surface area contributed by atoms with Crippen molar-refractivity contribution < 1.29 is 14.4 Å². The quantitative estimate of drug-likeness (QED) is 0.272. The third-order valence-corrected chi connectivity index (χ3v) is 8.33. The third-order valence-electron chi connectivity index (χ3n) is 7.42. The van der Waals surface area contributed by atoms with Gasteiger partial charge in [-0.1, -0.05) is 30.7 Å². The van der Waals surface area contributed by atoms with Crippen molar-refractivity contribution in [2.45, 2.75) is 37.9 Å². The van der Waals surface area contributed by atoms with Gasteiger partial charge in [0.1, 0.15) is 17.0 Å². The van der Waals surface area contributed by atoms with E-state index in [1.165, 1.54) is 11.3 Å². The molecular formula is C30H29N5O3S. The van der Waals surface area contributed by atoms with Crippen LogP contribution in [0.15, 0.2) is 72.2 Å². The average Bonchev–Trinajstić information content (AvgIpc) is 3.45. The van der Waals surface area contributed by atoms with Crippen LogP contribution in [0.3, 0.4) is 0 Å². The van der Waals surface area contributed by atoms with Crippen molar-refractivity contribution in [3.63, 3.8) is 0 Å². The van der Waals surface area contributed by atoms with Crippen molar-refractivity contribution in [3.8, 4) is 0 Å². The number of hydrogen-bond acceptors (Lipinski definition) is 8. The molecule has 1 saturated carbocycles. The molecule has 4 aromatic rings. The number of pyridine rings is 1. The van der Waals surface area contributed by atoms with Crippen LogP contribution in [0.1, 0.15) is 34.5 Å². The highest BCUT2D eigenvalue weighted by Gasteiger charge is 2.52. The van der Waals surface area contributed by atoms with E-state index in [-0.39, 0.29) is 17.5 Å². The number of ketones is 2. The number of piperidine rings is 1. The summed E-state index contributed by atoms with van der Waals surface area (Å²) in [7, 11) is 0. The van der Waals surface area contributed by atoms with Crippen LogP contribution in [0.25, 0.3) is 10.9 Å². The van der Waals surface area contributed by atoms with Crippen LogP contribution in [0.4, 0.5) is 17.1 Å². The molecule has 8 nitrogen and oxygen atoms in total. The van der Waals surface area contributed by atoms with Gasteiger partial charge in [-0.05, 0) is 73.3 Å². The number of rotatable bonds is 8. The fourth-order valence-electron chi connectivity index (χ4n) is 5.39.